The van der Waals surface area contributed by atoms with Crippen LogP contribution in [-0.4, -0.2) is 117 Å². The molecule has 0 spiro atoms. The van der Waals surface area contributed by atoms with Gasteiger partial charge in [0.05, 0.1) is 12.2 Å². The molecule has 0 saturated carbocycles. The van der Waals surface area contributed by atoms with Crippen molar-refractivity contribution in [3.63, 3.8) is 0 Å². The van der Waals surface area contributed by atoms with E-state index in [0.29, 0.717) is 13.1 Å². The fourth-order valence-electron chi connectivity index (χ4n) is 4.95. The van der Waals surface area contributed by atoms with Gasteiger partial charge in [-0.15, -0.1) is 0 Å². The van der Waals surface area contributed by atoms with E-state index in [-0.39, 0.29) is 37.5 Å². The monoisotopic (exact) mass is 592 g/mol. The van der Waals surface area contributed by atoms with Gasteiger partial charge in [0.25, 0.3) is 0 Å². The van der Waals surface area contributed by atoms with Crippen LogP contribution in [0.4, 0.5) is 0 Å². The maximum atomic E-state index is 12.2. The quantitative estimate of drug-likeness (QED) is 0.0958. The van der Waals surface area contributed by atoms with E-state index in [0.717, 1.165) is 51.4 Å². The number of hydrogen-bond acceptors (Lipinski definition) is 11. The Balaban J connectivity index is 1.89. The molecule has 2 amide bonds. The lowest BCUT2D eigenvalue weighted by Crippen LogP contribution is -2.63. The summed E-state index contributed by atoms with van der Waals surface area (Å²) in [5.74, 6) is -0.488. The average Bonchev–Trinajstić information content (AvgIpc) is 2.96. The molecule has 0 radical (unpaired) electrons. The number of nitrogens with one attached hydrogen (secondary N) is 2. The van der Waals surface area contributed by atoms with E-state index in [1.165, 1.54) is 0 Å². The van der Waals surface area contributed by atoms with Crippen LogP contribution in [0.25, 0.3) is 0 Å². The van der Waals surface area contributed by atoms with Crippen molar-refractivity contribution >= 4 is 11.8 Å². The minimum absolute atomic E-state index is 0.00123. The Bertz CT molecular complexity index is 701. The summed E-state index contributed by atoms with van der Waals surface area (Å²) in [5.41, 5.74) is 0. The van der Waals surface area contributed by atoms with Crippen molar-refractivity contribution in [1.29, 1.82) is 0 Å². The largest absolute Gasteiger partial charge is 0.388 e. The van der Waals surface area contributed by atoms with Crippen molar-refractivity contribution in [2.45, 2.75) is 152 Å². The van der Waals surface area contributed by atoms with Gasteiger partial charge in [0.15, 0.2) is 12.6 Å². The third-order valence-corrected chi connectivity index (χ3v) is 7.62. The van der Waals surface area contributed by atoms with Crippen LogP contribution in [-0.2, 0) is 23.8 Å². The smallest absolute Gasteiger partial charge is 0.220 e. The Hall–Kier alpha value is -1.42. The molecule has 13 heteroatoms. The first-order valence-corrected chi connectivity index (χ1v) is 15.2. The fraction of sp³-hybridized carbons (Fsp3) is 0.929. The van der Waals surface area contributed by atoms with Gasteiger partial charge in [-0.25, -0.2) is 0 Å². The summed E-state index contributed by atoms with van der Waals surface area (Å²) in [5, 5.41) is 68.1. The zero-order valence-corrected chi connectivity index (χ0v) is 24.4. The molecule has 0 bridgehead atoms. The number of aliphatic hydroxyl groups excluding tert-OH is 6. The van der Waals surface area contributed by atoms with E-state index in [1.54, 1.807) is 0 Å². The van der Waals surface area contributed by atoms with Crippen LogP contribution < -0.4 is 10.6 Å². The summed E-state index contributed by atoms with van der Waals surface area (Å²) >= 11 is 0. The fourth-order valence-corrected chi connectivity index (χ4v) is 4.95. The van der Waals surface area contributed by atoms with Crippen LogP contribution >= 0.6 is 0 Å². The average molecular weight is 593 g/mol. The summed E-state index contributed by atoms with van der Waals surface area (Å²) in [6, 6.07) is 0. The number of aliphatic hydroxyl groups is 6. The molecule has 2 fully saturated rings. The van der Waals surface area contributed by atoms with Gasteiger partial charge in [0.2, 0.25) is 11.8 Å². The van der Waals surface area contributed by atoms with Gasteiger partial charge in [0.1, 0.15) is 36.6 Å². The molecule has 41 heavy (non-hydrogen) atoms. The molecular formula is C28H52N2O11. The number of hydrogen-bond donors (Lipinski definition) is 8. The Morgan fingerprint density at radius 3 is 1.34 bits per heavy atom. The van der Waals surface area contributed by atoms with E-state index in [4.69, 9.17) is 14.2 Å². The van der Waals surface area contributed by atoms with E-state index in [9.17, 15) is 40.2 Å². The lowest BCUT2D eigenvalue weighted by atomic mass is 9.94. The third-order valence-electron chi connectivity index (χ3n) is 7.62. The van der Waals surface area contributed by atoms with Gasteiger partial charge in [-0.3, -0.25) is 9.59 Å². The number of carbonyl (C=O) groups excluding carboxylic acids is 2. The molecule has 2 aliphatic rings. The van der Waals surface area contributed by atoms with Gasteiger partial charge < -0.3 is 55.5 Å². The zero-order valence-electron chi connectivity index (χ0n) is 24.4. The van der Waals surface area contributed by atoms with E-state index >= 15 is 0 Å². The standard InChI is InChI=1S/C28H52N2O11/c1-3-5-7-9-15-29-19(31)13-11-17-21(33)23(35)25(37)27(39-17)41-28-26(38)24(36)22(34)18(40-28)12-14-20(32)30-16-10-8-6-4-2/h17-18,21-28,33-38H,3-16H2,1-2H3,(H,29,31)(H,30,32). The predicted molar refractivity (Wildman–Crippen MR) is 147 cm³/mol. The molecule has 2 rings (SSSR count). The first-order valence-electron chi connectivity index (χ1n) is 15.2. The summed E-state index contributed by atoms with van der Waals surface area (Å²) in [6.07, 6.45) is -6.98. The van der Waals surface area contributed by atoms with Crippen molar-refractivity contribution in [1.82, 2.24) is 10.6 Å². The van der Waals surface area contributed by atoms with Crippen LogP contribution in [0, 0.1) is 0 Å². The third kappa shape index (κ3) is 11.6. The Morgan fingerprint density at radius 1 is 0.585 bits per heavy atom. The highest BCUT2D eigenvalue weighted by Crippen LogP contribution is 2.30. The van der Waals surface area contributed by atoms with Crippen molar-refractivity contribution < 1.29 is 54.4 Å². The molecule has 2 saturated heterocycles. The van der Waals surface area contributed by atoms with Gasteiger partial charge in [-0.2, -0.15) is 0 Å². The van der Waals surface area contributed by atoms with E-state index in [1.807, 2.05) is 0 Å². The van der Waals surface area contributed by atoms with E-state index < -0.39 is 61.4 Å². The zero-order chi connectivity index (χ0) is 30.4. The van der Waals surface area contributed by atoms with Gasteiger partial charge in [0, 0.05) is 25.9 Å². The van der Waals surface area contributed by atoms with Crippen LogP contribution in [0.2, 0.25) is 0 Å². The topological polar surface area (TPSA) is 207 Å². The number of carbonyl (C=O) groups is 2. The second-order valence-electron chi connectivity index (χ2n) is 11.1. The molecular weight excluding hydrogens is 540 g/mol. The molecule has 0 aromatic carbocycles. The molecule has 0 aliphatic carbocycles. The Kier molecular flexibility index (Phi) is 16.6. The van der Waals surface area contributed by atoms with Crippen molar-refractivity contribution in [3.05, 3.63) is 0 Å². The highest BCUT2D eigenvalue weighted by molar-refractivity contribution is 5.76. The maximum absolute atomic E-state index is 12.2. The number of ether oxygens (including phenoxy) is 3. The highest BCUT2D eigenvalue weighted by Gasteiger charge is 2.49. The lowest BCUT2D eigenvalue weighted by molar-refractivity contribution is -0.374. The first kappa shape index (κ1) is 35.8. The molecule has 2 aliphatic heterocycles. The van der Waals surface area contributed by atoms with Crippen LogP contribution in [0.3, 0.4) is 0 Å². The lowest BCUT2D eigenvalue weighted by Gasteiger charge is -2.45. The summed E-state index contributed by atoms with van der Waals surface area (Å²) in [4.78, 5) is 24.4. The minimum atomic E-state index is -1.73. The second-order valence-corrected chi connectivity index (χ2v) is 11.1. The summed E-state index contributed by atoms with van der Waals surface area (Å²) < 4.78 is 16.9. The summed E-state index contributed by atoms with van der Waals surface area (Å²) in [6.45, 7) is 5.26. The van der Waals surface area contributed by atoms with Crippen molar-refractivity contribution in [2.75, 3.05) is 13.1 Å². The normalized spacial score (nSPS) is 33.9. The molecule has 240 valence electrons. The number of rotatable bonds is 18. The Labute approximate surface area is 242 Å². The SMILES string of the molecule is CCCCCCNC(=O)CCC1OC(OC2OC(CCC(=O)NCCCCCC)C(O)C(O)C2O)C(O)C(O)C1O. The predicted octanol–water partition coefficient (Wildman–Crippen LogP) is -0.428. The Morgan fingerprint density at radius 2 is 0.976 bits per heavy atom. The molecule has 8 N–H and O–H groups in total. The van der Waals surface area contributed by atoms with Crippen LogP contribution in [0.5, 0.6) is 0 Å². The molecule has 0 aromatic rings. The number of amides is 2. The molecule has 10 unspecified atom stereocenters. The molecule has 13 nitrogen and oxygen atoms in total. The van der Waals surface area contributed by atoms with Crippen LogP contribution in [0.1, 0.15) is 90.9 Å². The van der Waals surface area contributed by atoms with Gasteiger partial charge >= 0.3 is 0 Å². The van der Waals surface area contributed by atoms with Gasteiger partial charge in [-0.1, -0.05) is 52.4 Å². The number of unbranched alkanes of at least 4 members (excludes halogenated alkanes) is 6. The second kappa shape index (κ2) is 19.0. The molecule has 10 atom stereocenters. The van der Waals surface area contributed by atoms with Crippen molar-refractivity contribution in [3.8, 4) is 0 Å². The molecule has 0 aromatic heterocycles. The molecule has 2 heterocycles. The minimum Gasteiger partial charge on any atom is -0.388 e. The maximum Gasteiger partial charge on any atom is 0.220 e. The summed E-state index contributed by atoms with van der Waals surface area (Å²) in [7, 11) is 0. The van der Waals surface area contributed by atoms with Crippen molar-refractivity contribution in [2.24, 2.45) is 0 Å². The van der Waals surface area contributed by atoms with Gasteiger partial charge in [-0.05, 0) is 25.7 Å². The van der Waals surface area contributed by atoms with E-state index in [2.05, 4.69) is 24.5 Å². The van der Waals surface area contributed by atoms with Crippen LogP contribution in [0.15, 0.2) is 0 Å². The first-order chi connectivity index (χ1) is 19.6. The highest BCUT2D eigenvalue weighted by atomic mass is 16.8.